The number of carboxylic acids is 1. The highest BCUT2D eigenvalue weighted by Crippen LogP contribution is 2.40. The van der Waals surface area contributed by atoms with E-state index in [1.54, 1.807) is 19.9 Å². The van der Waals surface area contributed by atoms with E-state index in [9.17, 15) is 19.5 Å². The van der Waals surface area contributed by atoms with E-state index in [1.165, 1.54) is 0 Å². The lowest BCUT2D eigenvalue weighted by Gasteiger charge is -2.37. The fourth-order valence-corrected chi connectivity index (χ4v) is 2.54. The molecule has 0 spiro atoms. The third kappa shape index (κ3) is 2.45. The zero-order valence-corrected chi connectivity index (χ0v) is 11.6. The number of hydrogen-bond acceptors (Lipinski definition) is 3. The minimum atomic E-state index is -0.890. The molecule has 1 fully saturated rings. The van der Waals surface area contributed by atoms with Gasteiger partial charge in [-0.1, -0.05) is 6.42 Å². The van der Waals surface area contributed by atoms with E-state index in [1.807, 2.05) is 0 Å². The van der Waals surface area contributed by atoms with Crippen LogP contribution >= 0.6 is 0 Å². The third-order valence-electron chi connectivity index (χ3n) is 3.94. The van der Waals surface area contributed by atoms with Crippen molar-refractivity contribution in [1.29, 1.82) is 0 Å². The van der Waals surface area contributed by atoms with Crippen LogP contribution in [0.4, 0.5) is 0 Å². The molecule has 0 radical (unpaired) electrons. The van der Waals surface area contributed by atoms with Gasteiger partial charge in [-0.3, -0.25) is 14.4 Å². The summed E-state index contributed by atoms with van der Waals surface area (Å²) in [6.07, 6.45) is 1.98. The van der Waals surface area contributed by atoms with E-state index in [0.717, 1.165) is 6.42 Å². The summed E-state index contributed by atoms with van der Waals surface area (Å²) in [7, 11) is 0. The maximum absolute atomic E-state index is 12.1. The van der Waals surface area contributed by atoms with Crippen molar-refractivity contribution in [3.8, 4) is 0 Å². The van der Waals surface area contributed by atoms with Crippen LogP contribution in [0.15, 0.2) is 10.9 Å². The number of amides is 1. The first kappa shape index (κ1) is 14.3. The second kappa shape index (κ2) is 5.11. The van der Waals surface area contributed by atoms with Crippen molar-refractivity contribution in [1.82, 2.24) is 10.3 Å². The van der Waals surface area contributed by atoms with Gasteiger partial charge in [0.15, 0.2) is 0 Å². The summed E-state index contributed by atoms with van der Waals surface area (Å²) in [6, 6.07) is 1.71. The van der Waals surface area contributed by atoms with Gasteiger partial charge in [0.05, 0.1) is 5.41 Å². The summed E-state index contributed by atoms with van der Waals surface area (Å²) in [5.41, 5.74) is 0.0151. The smallest absolute Gasteiger partial charge is 0.311 e. The molecule has 6 heteroatoms. The molecule has 0 aromatic carbocycles. The normalized spacial score (nSPS) is 16.3. The number of carbonyl (C=O) groups excluding carboxylic acids is 1. The lowest BCUT2D eigenvalue weighted by atomic mass is 9.69. The van der Waals surface area contributed by atoms with Gasteiger partial charge in [0.1, 0.15) is 5.56 Å². The van der Waals surface area contributed by atoms with E-state index < -0.39 is 22.9 Å². The standard InChI is InChI=1S/C14H18N2O4/c1-8-6-9(2)16-12(18)10(8)11(17)15-7-14(13(19)20)4-3-5-14/h6H,3-5,7H2,1-2H3,(H,15,17)(H,16,18)(H,19,20). The molecule has 1 aliphatic carbocycles. The molecule has 1 aliphatic rings. The molecule has 1 aromatic heterocycles. The molecule has 0 bridgehead atoms. The number of hydrogen-bond donors (Lipinski definition) is 3. The zero-order chi connectivity index (χ0) is 14.9. The molecule has 1 heterocycles. The number of carbonyl (C=O) groups is 2. The highest BCUT2D eigenvalue weighted by Gasteiger charge is 2.44. The van der Waals surface area contributed by atoms with Crippen LogP contribution in [0.25, 0.3) is 0 Å². The molecule has 108 valence electrons. The van der Waals surface area contributed by atoms with Crippen molar-refractivity contribution < 1.29 is 14.7 Å². The SMILES string of the molecule is Cc1cc(C)c(C(=O)NCC2(C(=O)O)CCC2)c(=O)[nH]1. The van der Waals surface area contributed by atoms with Crippen LogP contribution < -0.4 is 10.9 Å². The summed E-state index contributed by atoms with van der Waals surface area (Å²) < 4.78 is 0. The van der Waals surface area contributed by atoms with Gasteiger partial charge in [-0.25, -0.2) is 0 Å². The van der Waals surface area contributed by atoms with Gasteiger partial charge < -0.3 is 15.4 Å². The average Bonchev–Trinajstić information content (AvgIpc) is 2.25. The molecule has 0 unspecified atom stereocenters. The fourth-order valence-electron chi connectivity index (χ4n) is 2.54. The number of carboxylic acid groups (broad SMARTS) is 1. The molecule has 0 saturated heterocycles. The first-order valence-corrected chi connectivity index (χ1v) is 6.58. The number of rotatable bonds is 4. The lowest BCUT2D eigenvalue weighted by molar-refractivity contribution is -0.153. The van der Waals surface area contributed by atoms with Gasteiger partial charge in [-0.15, -0.1) is 0 Å². The van der Waals surface area contributed by atoms with Gasteiger partial charge in [-0.05, 0) is 38.3 Å². The molecular weight excluding hydrogens is 260 g/mol. The summed E-state index contributed by atoms with van der Waals surface area (Å²) in [6.45, 7) is 3.49. The van der Waals surface area contributed by atoms with Crippen molar-refractivity contribution in [2.45, 2.75) is 33.1 Å². The lowest BCUT2D eigenvalue weighted by Crippen LogP contribution is -2.48. The van der Waals surface area contributed by atoms with Crippen molar-refractivity contribution in [2.75, 3.05) is 6.54 Å². The summed E-state index contributed by atoms with van der Waals surface area (Å²) >= 11 is 0. The minimum Gasteiger partial charge on any atom is -0.481 e. The van der Waals surface area contributed by atoms with E-state index in [0.29, 0.717) is 24.1 Å². The Morgan fingerprint density at radius 1 is 1.40 bits per heavy atom. The number of nitrogens with one attached hydrogen (secondary N) is 2. The van der Waals surface area contributed by atoms with Gasteiger partial charge in [0.25, 0.3) is 11.5 Å². The van der Waals surface area contributed by atoms with Crippen molar-refractivity contribution in [3.05, 3.63) is 33.2 Å². The Bertz CT molecular complexity index is 614. The Labute approximate surface area is 116 Å². The largest absolute Gasteiger partial charge is 0.481 e. The number of aromatic nitrogens is 1. The number of aryl methyl sites for hydroxylation is 2. The first-order chi connectivity index (χ1) is 9.35. The summed E-state index contributed by atoms with van der Waals surface area (Å²) in [5, 5.41) is 11.8. The second-order valence-corrected chi connectivity index (χ2v) is 5.46. The fraction of sp³-hybridized carbons (Fsp3) is 0.500. The van der Waals surface area contributed by atoms with E-state index in [-0.39, 0.29) is 12.1 Å². The number of H-pyrrole nitrogens is 1. The van der Waals surface area contributed by atoms with E-state index in [4.69, 9.17) is 0 Å². The van der Waals surface area contributed by atoms with Crippen LogP contribution in [0.2, 0.25) is 0 Å². The minimum absolute atomic E-state index is 0.0514. The molecule has 6 nitrogen and oxygen atoms in total. The zero-order valence-electron chi connectivity index (χ0n) is 11.6. The Hall–Kier alpha value is -2.11. The molecule has 1 saturated carbocycles. The Morgan fingerprint density at radius 2 is 2.05 bits per heavy atom. The molecule has 0 aliphatic heterocycles. The van der Waals surface area contributed by atoms with Gasteiger partial charge in [0.2, 0.25) is 0 Å². The predicted molar refractivity (Wildman–Crippen MR) is 72.8 cm³/mol. The van der Waals surface area contributed by atoms with Crippen LogP contribution in [0, 0.1) is 19.3 Å². The van der Waals surface area contributed by atoms with Crippen LogP contribution in [-0.4, -0.2) is 28.5 Å². The Balaban J connectivity index is 2.14. The van der Waals surface area contributed by atoms with E-state index >= 15 is 0 Å². The van der Waals surface area contributed by atoms with Gasteiger partial charge in [-0.2, -0.15) is 0 Å². The topological polar surface area (TPSA) is 99.3 Å². The van der Waals surface area contributed by atoms with E-state index in [2.05, 4.69) is 10.3 Å². The maximum atomic E-state index is 12.1. The Kier molecular flexibility index (Phi) is 3.65. The molecule has 3 N–H and O–H groups in total. The average molecular weight is 278 g/mol. The highest BCUT2D eigenvalue weighted by molar-refractivity contribution is 5.95. The van der Waals surface area contributed by atoms with Crippen molar-refractivity contribution in [2.24, 2.45) is 5.41 Å². The van der Waals surface area contributed by atoms with Crippen molar-refractivity contribution >= 4 is 11.9 Å². The maximum Gasteiger partial charge on any atom is 0.311 e. The highest BCUT2D eigenvalue weighted by atomic mass is 16.4. The summed E-state index contributed by atoms with van der Waals surface area (Å²) in [5.74, 6) is -1.41. The van der Waals surface area contributed by atoms with Crippen LogP contribution in [-0.2, 0) is 4.79 Å². The number of pyridine rings is 1. The second-order valence-electron chi connectivity index (χ2n) is 5.46. The van der Waals surface area contributed by atoms with Gasteiger partial charge >= 0.3 is 5.97 Å². The molecular formula is C14H18N2O4. The van der Waals surface area contributed by atoms with Crippen LogP contribution in [0.1, 0.15) is 40.9 Å². The Morgan fingerprint density at radius 3 is 2.50 bits per heavy atom. The molecule has 1 amide bonds. The number of aromatic amines is 1. The molecule has 0 atom stereocenters. The monoisotopic (exact) mass is 278 g/mol. The van der Waals surface area contributed by atoms with Crippen LogP contribution in [0.5, 0.6) is 0 Å². The summed E-state index contributed by atoms with van der Waals surface area (Å²) in [4.78, 5) is 37.7. The van der Waals surface area contributed by atoms with Crippen molar-refractivity contribution in [3.63, 3.8) is 0 Å². The van der Waals surface area contributed by atoms with Gasteiger partial charge in [0, 0.05) is 12.2 Å². The number of aliphatic carboxylic acids is 1. The third-order valence-corrected chi connectivity index (χ3v) is 3.94. The quantitative estimate of drug-likeness (QED) is 0.764. The predicted octanol–water partition coefficient (Wildman–Crippen LogP) is 0.976. The van der Waals surface area contributed by atoms with Crippen LogP contribution in [0.3, 0.4) is 0 Å². The first-order valence-electron chi connectivity index (χ1n) is 6.58. The molecule has 1 aromatic rings. The molecule has 20 heavy (non-hydrogen) atoms. The molecule has 2 rings (SSSR count).